The van der Waals surface area contributed by atoms with Crippen LogP contribution in [0.4, 0.5) is 0 Å². The summed E-state index contributed by atoms with van der Waals surface area (Å²) in [5, 5.41) is 15.8. The molecule has 0 spiro atoms. The first-order valence-electron chi connectivity index (χ1n) is 7.77. The monoisotopic (exact) mass is 406 g/mol. The summed E-state index contributed by atoms with van der Waals surface area (Å²) in [6.07, 6.45) is 1.65. The van der Waals surface area contributed by atoms with Gasteiger partial charge in [-0.1, -0.05) is 12.1 Å². The van der Waals surface area contributed by atoms with Crippen LogP contribution in [0, 0.1) is 5.92 Å². The highest BCUT2D eigenvalue weighted by Crippen LogP contribution is 2.18. The third kappa shape index (κ3) is 5.24. The van der Waals surface area contributed by atoms with Crippen LogP contribution in [0.25, 0.3) is 11.0 Å². The number of halogens is 2. The summed E-state index contributed by atoms with van der Waals surface area (Å²) in [7, 11) is 0. The van der Waals surface area contributed by atoms with Crippen LogP contribution in [0.5, 0.6) is 0 Å². The summed E-state index contributed by atoms with van der Waals surface area (Å²) in [5.41, 5.74) is 1.90. The molecule has 1 saturated heterocycles. The van der Waals surface area contributed by atoms with E-state index in [2.05, 4.69) is 15.6 Å². The van der Waals surface area contributed by atoms with E-state index in [4.69, 9.17) is 0 Å². The zero-order chi connectivity index (χ0) is 16.2. The largest absolute Gasteiger partial charge is 0.391 e. The third-order valence-corrected chi connectivity index (χ3v) is 4.72. The fourth-order valence-corrected chi connectivity index (χ4v) is 3.39. The topological polar surface area (TPSA) is 79.2 Å². The number of aliphatic hydroxyl groups is 1. The van der Waals surface area contributed by atoms with Crippen LogP contribution < -0.4 is 10.6 Å². The molecule has 1 aromatic carbocycles. The molecule has 1 aliphatic heterocycles. The van der Waals surface area contributed by atoms with E-state index in [0.29, 0.717) is 13.1 Å². The van der Waals surface area contributed by atoms with E-state index in [1.807, 2.05) is 35.1 Å². The number of rotatable bonds is 6. The van der Waals surface area contributed by atoms with E-state index in [9.17, 15) is 9.90 Å². The van der Waals surface area contributed by atoms with Crippen molar-refractivity contribution in [3.63, 3.8) is 0 Å². The van der Waals surface area contributed by atoms with Gasteiger partial charge in [0.1, 0.15) is 12.4 Å². The number of carbonyl (C=O) groups is 1. The van der Waals surface area contributed by atoms with Crippen molar-refractivity contribution in [3.8, 4) is 0 Å². The van der Waals surface area contributed by atoms with Crippen LogP contribution in [0.1, 0.15) is 5.82 Å². The number of fused-ring (bicyclic) bond motifs is 1. The summed E-state index contributed by atoms with van der Waals surface area (Å²) < 4.78 is 1.98. The quantitative estimate of drug-likeness (QED) is 0.676. The van der Waals surface area contributed by atoms with Crippen LogP contribution in [-0.2, 0) is 17.1 Å². The minimum atomic E-state index is -0.378. The van der Waals surface area contributed by atoms with Gasteiger partial charge in [0.15, 0.2) is 0 Å². The van der Waals surface area contributed by atoms with Gasteiger partial charge in [-0.05, 0) is 18.4 Å². The molecule has 2 heterocycles. The summed E-state index contributed by atoms with van der Waals surface area (Å²) in [4.78, 5) is 16.9. The maximum atomic E-state index is 12.3. The molecule has 3 N–H and O–H groups in total. The second-order valence-corrected chi connectivity index (χ2v) is 6.69. The molecule has 1 aromatic heterocycles. The number of β-amino-alcohol motifs (C(OH)–C–C–N with tert-alkyl or cyclic N) is 1. The van der Waals surface area contributed by atoms with Crippen molar-refractivity contribution in [2.24, 2.45) is 5.92 Å². The van der Waals surface area contributed by atoms with Gasteiger partial charge in [-0.3, -0.25) is 4.79 Å². The van der Waals surface area contributed by atoms with Crippen LogP contribution in [0.2, 0.25) is 0 Å². The summed E-state index contributed by atoms with van der Waals surface area (Å²) in [5.74, 6) is 1.72. The molecular formula is C16H24Cl2N4O2S. The number of aromatic nitrogens is 2. The van der Waals surface area contributed by atoms with Crippen LogP contribution in [0.3, 0.4) is 0 Å². The van der Waals surface area contributed by atoms with Crippen molar-refractivity contribution < 1.29 is 9.90 Å². The van der Waals surface area contributed by atoms with E-state index in [0.717, 1.165) is 29.2 Å². The Bertz CT molecular complexity index is 698. The van der Waals surface area contributed by atoms with Gasteiger partial charge in [0.2, 0.25) is 5.91 Å². The lowest BCUT2D eigenvalue weighted by Gasteiger charge is -2.15. The lowest BCUT2D eigenvalue weighted by molar-refractivity contribution is -0.121. The van der Waals surface area contributed by atoms with E-state index in [1.54, 1.807) is 11.8 Å². The van der Waals surface area contributed by atoms with E-state index in [1.165, 1.54) is 0 Å². The average molecular weight is 407 g/mol. The molecule has 3 rings (SSSR count). The Balaban J connectivity index is 0.00000156. The third-order valence-electron chi connectivity index (χ3n) is 4.17. The number of amides is 1. The SMILES string of the molecule is CSCc1nc2ccccc2n1CC(=O)NCC1CNCC1O.Cl.Cl. The smallest absolute Gasteiger partial charge is 0.240 e. The zero-order valence-electron chi connectivity index (χ0n) is 14.0. The van der Waals surface area contributed by atoms with Gasteiger partial charge < -0.3 is 20.3 Å². The molecule has 0 radical (unpaired) electrons. The first-order chi connectivity index (χ1) is 11.2. The van der Waals surface area contributed by atoms with Crippen molar-refractivity contribution in [3.05, 3.63) is 30.1 Å². The number of hydrogen-bond donors (Lipinski definition) is 3. The second kappa shape index (κ2) is 10.2. The minimum Gasteiger partial charge on any atom is -0.391 e. The Morgan fingerprint density at radius 2 is 2.16 bits per heavy atom. The highest BCUT2D eigenvalue weighted by atomic mass is 35.5. The molecule has 1 fully saturated rings. The molecule has 2 aromatic rings. The zero-order valence-corrected chi connectivity index (χ0v) is 16.4. The van der Waals surface area contributed by atoms with Crippen molar-refractivity contribution in [2.45, 2.75) is 18.4 Å². The number of aliphatic hydroxyl groups excluding tert-OH is 1. The van der Waals surface area contributed by atoms with Crippen molar-refractivity contribution in [1.82, 2.24) is 20.2 Å². The fourth-order valence-electron chi connectivity index (χ4n) is 2.91. The number of imidazole rings is 1. The fraction of sp³-hybridized carbons (Fsp3) is 0.500. The Kier molecular flexibility index (Phi) is 9.02. The Morgan fingerprint density at radius 3 is 2.84 bits per heavy atom. The van der Waals surface area contributed by atoms with Gasteiger partial charge in [-0.15, -0.1) is 24.8 Å². The van der Waals surface area contributed by atoms with E-state index >= 15 is 0 Å². The number of thioether (sulfide) groups is 1. The summed E-state index contributed by atoms with van der Waals surface area (Å²) in [6, 6.07) is 7.87. The van der Waals surface area contributed by atoms with E-state index < -0.39 is 0 Å². The number of benzene rings is 1. The molecule has 0 aliphatic carbocycles. The van der Waals surface area contributed by atoms with Gasteiger partial charge in [0.05, 0.1) is 22.9 Å². The first kappa shape index (κ1) is 22.1. The van der Waals surface area contributed by atoms with Crippen molar-refractivity contribution >= 4 is 53.5 Å². The number of hydrogen-bond acceptors (Lipinski definition) is 5. The normalized spacial score (nSPS) is 19.3. The van der Waals surface area contributed by atoms with Gasteiger partial charge in [0.25, 0.3) is 0 Å². The molecule has 2 unspecified atom stereocenters. The predicted molar refractivity (Wildman–Crippen MR) is 107 cm³/mol. The average Bonchev–Trinajstić information content (AvgIpc) is 3.10. The van der Waals surface area contributed by atoms with Crippen LogP contribution in [-0.4, -0.2) is 52.6 Å². The van der Waals surface area contributed by atoms with E-state index in [-0.39, 0.29) is 49.3 Å². The van der Waals surface area contributed by atoms with Crippen LogP contribution >= 0.6 is 36.6 Å². The number of carbonyl (C=O) groups excluding carboxylic acids is 1. The molecule has 1 amide bonds. The predicted octanol–water partition coefficient (Wildman–Crippen LogP) is 1.44. The maximum absolute atomic E-state index is 12.3. The Hall–Kier alpha value is -0.990. The summed E-state index contributed by atoms with van der Waals surface area (Å²) >= 11 is 1.69. The minimum absolute atomic E-state index is 0. The molecule has 25 heavy (non-hydrogen) atoms. The van der Waals surface area contributed by atoms with Crippen molar-refractivity contribution in [1.29, 1.82) is 0 Å². The molecule has 1 aliphatic rings. The molecule has 2 atom stereocenters. The van der Waals surface area contributed by atoms with Gasteiger partial charge in [0, 0.05) is 25.6 Å². The molecule has 6 nitrogen and oxygen atoms in total. The summed E-state index contributed by atoms with van der Waals surface area (Å²) in [6.45, 7) is 2.10. The number of para-hydroxylation sites is 2. The number of nitrogens with zero attached hydrogens (tertiary/aromatic N) is 2. The van der Waals surface area contributed by atoms with Gasteiger partial charge in [-0.25, -0.2) is 4.98 Å². The first-order valence-corrected chi connectivity index (χ1v) is 9.17. The lowest BCUT2D eigenvalue weighted by atomic mass is 10.1. The maximum Gasteiger partial charge on any atom is 0.240 e. The Labute approximate surface area is 164 Å². The lowest BCUT2D eigenvalue weighted by Crippen LogP contribution is -2.36. The molecule has 0 bridgehead atoms. The Morgan fingerprint density at radius 1 is 1.40 bits per heavy atom. The molecular weight excluding hydrogens is 383 g/mol. The van der Waals surface area contributed by atoms with Gasteiger partial charge >= 0.3 is 0 Å². The molecule has 140 valence electrons. The van der Waals surface area contributed by atoms with Crippen LogP contribution in [0.15, 0.2) is 24.3 Å². The highest BCUT2D eigenvalue weighted by molar-refractivity contribution is 7.97. The molecule has 9 heteroatoms. The second-order valence-electron chi connectivity index (χ2n) is 5.83. The standard InChI is InChI=1S/C16H22N4O2S.2ClH/c1-23-10-15-19-12-4-2-3-5-13(12)20(15)9-16(22)18-7-11-6-17-8-14(11)21;;/h2-5,11,14,17,21H,6-10H2,1H3,(H,18,22);2*1H. The van der Waals surface area contributed by atoms with Crippen molar-refractivity contribution in [2.75, 3.05) is 25.9 Å². The molecule has 0 saturated carbocycles. The van der Waals surface area contributed by atoms with Gasteiger partial charge in [-0.2, -0.15) is 11.8 Å². The number of nitrogens with one attached hydrogen (secondary N) is 2. The highest BCUT2D eigenvalue weighted by Gasteiger charge is 2.25.